The van der Waals surface area contributed by atoms with Crippen LogP contribution in [0.3, 0.4) is 0 Å². The fourth-order valence-electron chi connectivity index (χ4n) is 2.45. The van der Waals surface area contributed by atoms with Gasteiger partial charge in [0.05, 0.1) is 0 Å². The molecule has 0 aromatic heterocycles. The molecule has 2 aromatic carbocycles. The van der Waals surface area contributed by atoms with Crippen LogP contribution in [0, 0.1) is 0 Å². The number of carbonyl (C=O) groups excluding carboxylic acids is 1. The Labute approximate surface area is 121 Å². The van der Waals surface area contributed by atoms with E-state index in [2.05, 4.69) is 13.0 Å². The zero-order valence-electron chi connectivity index (χ0n) is 12.1. The minimum Gasteiger partial charge on any atom is -0.289 e. The van der Waals surface area contributed by atoms with Crippen LogP contribution < -0.4 is 0 Å². The molecule has 0 N–H and O–H groups in total. The van der Waals surface area contributed by atoms with Gasteiger partial charge in [0.2, 0.25) is 0 Å². The smallest absolute Gasteiger partial charge is 0.193 e. The van der Waals surface area contributed by atoms with Gasteiger partial charge in [0.25, 0.3) is 0 Å². The Hall–Kier alpha value is -1.89. The number of ketones is 1. The van der Waals surface area contributed by atoms with Crippen molar-refractivity contribution >= 4 is 5.78 Å². The molecule has 2 aromatic rings. The van der Waals surface area contributed by atoms with Crippen LogP contribution in [-0.2, 0) is 6.42 Å². The van der Waals surface area contributed by atoms with Gasteiger partial charge in [0.15, 0.2) is 5.78 Å². The lowest BCUT2D eigenvalue weighted by Gasteiger charge is -2.08. The van der Waals surface area contributed by atoms with Crippen LogP contribution in [0.4, 0.5) is 0 Å². The highest BCUT2D eigenvalue weighted by molar-refractivity contribution is 6.09. The van der Waals surface area contributed by atoms with Crippen LogP contribution in [0.25, 0.3) is 0 Å². The second kappa shape index (κ2) is 7.64. The first kappa shape index (κ1) is 14.5. The van der Waals surface area contributed by atoms with E-state index >= 15 is 0 Å². The van der Waals surface area contributed by atoms with Crippen LogP contribution >= 0.6 is 0 Å². The second-order valence-corrected chi connectivity index (χ2v) is 5.16. The average Bonchev–Trinajstić information content (AvgIpc) is 2.52. The lowest BCUT2D eigenvalue weighted by atomic mass is 9.95. The topological polar surface area (TPSA) is 17.1 Å². The van der Waals surface area contributed by atoms with E-state index in [1.54, 1.807) is 0 Å². The minimum absolute atomic E-state index is 0.136. The van der Waals surface area contributed by atoms with Crippen molar-refractivity contribution in [2.45, 2.75) is 39.0 Å². The van der Waals surface area contributed by atoms with Crippen molar-refractivity contribution in [1.29, 1.82) is 0 Å². The molecule has 0 aliphatic carbocycles. The van der Waals surface area contributed by atoms with Crippen molar-refractivity contribution in [2.24, 2.45) is 0 Å². The van der Waals surface area contributed by atoms with Gasteiger partial charge >= 0.3 is 0 Å². The summed E-state index contributed by atoms with van der Waals surface area (Å²) in [6.45, 7) is 2.22. The van der Waals surface area contributed by atoms with Gasteiger partial charge in [-0.05, 0) is 18.4 Å². The molecule has 0 atom stereocenters. The van der Waals surface area contributed by atoms with Gasteiger partial charge in [-0.15, -0.1) is 0 Å². The monoisotopic (exact) mass is 266 g/mol. The molecule has 0 unspecified atom stereocenters. The van der Waals surface area contributed by atoms with Gasteiger partial charge in [-0.1, -0.05) is 80.8 Å². The quantitative estimate of drug-likeness (QED) is 0.507. The lowest BCUT2D eigenvalue weighted by molar-refractivity contribution is 0.103. The Morgan fingerprint density at radius 3 is 2.30 bits per heavy atom. The molecule has 104 valence electrons. The summed E-state index contributed by atoms with van der Waals surface area (Å²) in [6.07, 6.45) is 5.91. The summed E-state index contributed by atoms with van der Waals surface area (Å²) in [5.41, 5.74) is 2.81. The number of rotatable bonds is 7. The van der Waals surface area contributed by atoms with Crippen molar-refractivity contribution in [2.75, 3.05) is 0 Å². The first-order valence-corrected chi connectivity index (χ1v) is 7.50. The summed E-state index contributed by atoms with van der Waals surface area (Å²) in [5.74, 6) is 0.136. The van der Waals surface area contributed by atoms with Crippen molar-refractivity contribution < 1.29 is 4.79 Å². The van der Waals surface area contributed by atoms with Gasteiger partial charge in [-0.25, -0.2) is 0 Å². The third-order valence-electron chi connectivity index (χ3n) is 3.60. The molecule has 1 nitrogen and oxygen atoms in total. The molecule has 0 saturated heterocycles. The molecule has 0 aliphatic rings. The van der Waals surface area contributed by atoms with Crippen LogP contribution in [0.1, 0.15) is 54.1 Å². The average molecular weight is 266 g/mol. The van der Waals surface area contributed by atoms with Crippen molar-refractivity contribution in [3.8, 4) is 0 Å². The molecule has 2 rings (SSSR count). The molecule has 20 heavy (non-hydrogen) atoms. The van der Waals surface area contributed by atoms with Crippen LogP contribution in [0.5, 0.6) is 0 Å². The first-order valence-electron chi connectivity index (χ1n) is 7.50. The molecule has 1 heteroatoms. The number of unbranched alkanes of at least 4 members (excludes halogenated alkanes) is 3. The number of carbonyl (C=O) groups is 1. The fraction of sp³-hybridized carbons (Fsp3) is 0.316. The molecule has 0 bridgehead atoms. The molecule has 0 radical (unpaired) electrons. The SMILES string of the molecule is CCCCCCc1ccccc1C(=O)c1ccccc1. The maximum absolute atomic E-state index is 12.6. The van der Waals surface area contributed by atoms with Crippen LogP contribution in [0.15, 0.2) is 54.6 Å². The van der Waals surface area contributed by atoms with Crippen molar-refractivity contribution in [1.82, 2.24) is 0 Å². The summed E-state index contributed by atoms with van der Waals surface area (Å²) in [4.78, 5) is 12.6. The van der Waals surface area contributed by atoms with Crippen LogP contribution in [0.2, 0.25) is 0 Å². The molecule has 0 spiro atoms. The summed E-state index contributed by atoms with van der Waals surface area (Å²) >= 11 is 0. The first-order chi connectivity index (χ1) is 9.83. The summed E-state index contributed by atoms with van der Waals surface area (Å²) in [5, 5.41) is 0. The predicted molar refractivity (Wildman–Crippen MR) is 84.2 cm³/mol. The fourth-order valence-corrected chi connectivity index (χ4v) is 2.45. The van der Waals surface area contributed by atoms with Gasteiger partial charge in [0, 0.05) is 11.1 Å². The van der Waals surface area contributed by atoms with E-state index in [9.17, 15) is 4.79 Å². The normalized spacial score (nSPS) is 10.4. The zero-order chi connectivity index (χ0) is 14.2. The Balaban J connectivity index is 2.13. The number of hydrogen-bond donors (Lipinski definition) is 0. The molecule has 0 saturated carbocycles. The highest BCUT2D eigenvalue weighted by Crippen LogP contribution is 2.17. The van der Waals surface area contributed by atoms with Gasteiger partial charge in [-0.3, -0.25) is 4.79 Å². The lowest BCUT2D eigenvalue weighted by Crippen LogP contribution is -2.05. The number of benzene rings is 2. The highest BCUT2D eigenvalue weighted by Gasteiger charge is 2.12. The third-order valence-corrected chi connectivity index (χ3v) is 3.60. The standard InChI is InChI=1S/C19H22O/c1-2-3-4-6-11-16-12-9-10-15-18(16)19(20)17-13-7-5-8-14-17/h5,7-10,12-15H,2-4,6,11H2,1H3. The largest absolute Gasteiger partial charge is 0.289 e. The Bertz CT molecular complexity index is 543. The van der Waals surface area contributed by atoms with E-state index in [0.717, 1.165) is 24.0 Å². The molecule has 0 fully saturated rings. The molecule has 0 amide bonds. The molecule has 0 aliphatic heterocycles. The summed E-state index contributed by atoms with van der Waals surface area (Å²) < 4.78 is 0. The van der Waals surface area contributed by atoms with Gasteiger partial charge in [0.1, 0.15) is 0 Å². The molecular formula is C19H22O. The van der Waals surface area contributed by atoms with E-state index < -0.39 is 0 Å². The molecule has 0 heterocycles. The summed E-state index contributed by atoms with van der Waals surface area (Å²) in [6, 6.07) is 17.5. The Morgan fingerprint density at radius 2 is 1.55 bits per heavy atom. The number of aryl methyl sites for hydroxylation is 1. The maximum atomic E-state index is 12.6. The zero-order valence-corrected chi connectivity index (χ0v) is 12.1. The molecular weight excluding hydrogens is 244 g/mol. The maximum Gasteiger partial charge on any atom is 0.193 e. The highest BCUT2D eigenvalue weighted by atomic mass is 16.1. The van der Waals surface area contributed by atoms with E-state index in [-0.39, 0.29) is 5.78 Å². The van der Waals surface area contributed by atoms with Gasteiger partial charge in [-0.2, -0.15) is 0 Å². The predicted octanol–water partition coefficient (Wildman–Crippen LogP) is 5.04. The van der Waals surface area contributed by atoms with E-state index in [1.165, 1.54) is 24.8 Å². The number of hydrogen-bond acceptors (Lipinski definition) is 1. The third kappa shape index (κ3) is 3.80. The van der Waals surface area contributed by atoms with Crippen LogP contribution in [-0.4, -0.2) is 5.78 Å². The second-order valence-electron chi connectivity index (χ2n) is 5.16. The van der Waals surface area contributed by atoms with E-state index in [4.69, 9.17) is 0 Å². The van der Waals surface area contributed by atoms with Gasteiger partial charge < -0.3 is 0 Å². The Morgan fingerprint density at radius 1 is 0.850 bits per heavy atom. The van der Waals surface area contributed by atoms with E-state index in [1.807, 2.05) is 48.5 Å². The van der Waals surface area contributed by atoms with Crippen molar-refractivity contribution in [3.05, 3.63) is 71.3 Å². The van der Waals surface area contributed by atoms with E-state index in [0.29, 0.717) is 0 Å². The van der Waals surface area contributed by atoms with Crippen molar-refractivity contribution in [3.63, 3.8) is 0 Å². The Kier molecular flexibility index (Phi) is 5.55. The minimum atomic E-state index is 0.136. The summed E-state index contributed by atoms with van der Waals surface area (Å²) in [7, 11) is 0.